The molecule has 120 valence electrons. The first-order valence-corrected chi connectivity index (χ1v) is 8.53. The second kappa shape index (κ2) is 10.6. The maximum atomic E-state index is 5.61. The molecule has 1 rings (SSSR count). The van der Waals surface area contributed by atoms with E-state index < -0.39 is 0 Å². The molecule has 0 N–H and O–H groups in total. The number of hydrogen-bond acceptors (Lipinski definition) is 3. The predicted octanol–water partition coefficient (Wildman–Crippen LogP) is 3.72. The second-order valence-corrected chi connectivity index (χ2v) is 6.62. The first-order chi connectivity index (χ1) is 9.58. The Labute approximate surface area is 126 Å². The summed E-state index contributed by atoms with van der Waals surface area (Å²) in [7, 11) is 0. The van der Waals surface area contributed by atoms with Gasteiger partial charge in [-0.3, -0.25) is 0 Å². The van der Waals surface area contributed by atoms with Crippen LogP contribution in [0.1, 0.15) is 59.8 Å². The quantitative estimate of drug-likeness (QED) is 0.571. The van der Waals surface area contributed by atoms with E-state index in [2.05, 4.69) is 32.6 Å². The van der Waals surface area contributed by atoms with Gasteiger partial charge in [-0.2, -0.15) is 0 Å². The van der Waals surface area contributed by atoms with Crippen molar-refractivity contribution in [2.45, 2.75) is 72.0 Å². The van der Waals surface area contributed by atoms with Crippen LogP contribution < -0.4 is 0 Å². The third-order valence-corrected chi connectivity index (χ3v) is 3.98. The van der Waals surface area contributed by atoms with Crippen LogP contribution in [0.15, 0.2) is 0 Å². The Morgan fingerprint density at radius 2 is 1.45 bits per heavy atom. The first kappa shape index (κ1) is 17.9. The Morgan fingerprint density at radius 1 is 0.900 bits per heavy atom. The van der Waals surface area contributed by atoms with Crippen LogP contribution in [0.3, 0.4) is 0 Å². The predicted molar refractivity (Wildman–Crippen MR) is 85.2 cm³/mol. The van der Waals surface area contributed by atoms with Gasteiger partial charge in [0.1, 0.15) is 0 Å². The van der Waals surface area contributed by atoms with Crippen LogP contribution in [-0.4, -0.2) is 50.0 Å². The summed E-state index contributed by atoms with van der Waals surface area (Å²) in [5.41, 5.74) is 0. The van der Waals surface area contributed by atoms with Gasteiger partial charge in [0.15, 0.2) is 0 Å². The van der Waals surface area contributed by atoms with Gasteiger partial charge in [-0.05, 0) is 78.8 Å². The van der Waals surface area contributed by atoms with Crippen molar-refractivity contribution < 1.29 is 9.47 Å². The summed E-state index contributed by atoms with van der Waals surface area (Å²) >= 11 is 0. The Hall–Kier alpha value is -0.120. The zero-order valence-corrected chi connectivity index (χ0v) is 14.1. The largest absolute Gasteiger partial charge is 0.379 e. The van der Waals surface area contributed by atoms with Gasteiger partial charge in [0.25, 0.3) is 0 Å². The zero-order chi connectivity index (χ0) is 14.8. The highest BCUT2D eigenvalue weighted by molar-refractivity contribution is 4.72. The fourth-order valence-electron chi connectivity index (χ4n) is 2.80. The van der Waals surface area contributed by atoms with E-state index in [0.29, 0.717) is 12.2 Å². The molecule has 0 aromatic heterocycles. The molecule has 0 atom stereocenters. The van der Waals surface area contributed by atoms with E-state index in [-0.39, 0.29) is 0 Å². The van der Waals surface area contributed by atoms with Crippen molar-refractivity contribution in [3.05, 3.63) is 0 Å². The molecular formula is C17H35NO2. The molecule has 0 unspecified atom stereocenters. The van der Waals surface area contributed by atoms with Crippen molar-refractivity contribution in [3.8, 4) is 0 Å². The fourth-order valence-corrected chi connectivity index (χ4v) is 2.80. The van der Waals surface area contributed by atoms with E-state index in [4.69, 9.17) is 9.47 Å². The molecule has 1 aliphatic rings. The smallest absolute Gasteiger partial charge is 0.0518 e. The SMILES string of the molecule is CC(C)OCCCC1CCN(CCCOC(C)C)CC1. The lowest BCUT2D eigenvalue weighted by molar-refractivity contribution is 0.0629. The molecule has 0 aromatic rings. The monoisotopic (exact) mass is 285 g/mol. The van der Waals surface area contributed by atoms with E-state index in [1.165, 1.54) is 51.7 Å². The van der Waals surface area contributed by atoms with Crippen molar-refractivity contribution >= 4 is 0 Å². The van der Waals surface area contributed by atoms with E-state index in [1.807, 2.05) is 0 Å². The lowest BCUT2D eigenvalue weighted by Gasteiger charge is -2.32. The average molecular weight is 285 g/mol. The summed E-state index contributed by atoms with van der Waals surface area (Å²) in [5.74, 6) is 0.925. The molecule has 0 amide bonds. The molecule has 0 saturated carbocycles. The van der Waals surface area contributed by atoms with Crippen LogP contribution in [0.25, 0.3) is 0 Å². The maximum absolute atomic E-state index is 5.61. The van der Waals surface area contributed by atoms with Gasteiger partial charge in [0.2, 0.25) is 0 Å². The lowest BCUT2D eigenvalue weighted by atomic mass is 9.92. The van der Waals surface area contributed by atoms with Gasteiger partial charge in [-0.25, -0.2) is 0 Å². The van der Waals surface area contributed by atoms with Crippen molar-refractivity contribution in [1.82, 2.24) is 4.90 Å². The summed E-state index contributed by atoms with van der Waals surface area (Å²) in [6.45, 7) is 14.0. The number of likely N-dealkylation sites (tertiary alicyclic amines) is 1. The fraction of sp³-hybridized carbons (Fsp3) is 1.00. The number of nitrogens with zero attached hydrogens (tertiary/aromatic N) is 1. The number of ether oxygens (including phenoxy) is 2. The summed E-state index contributed by atoms with van der Waals surface area (Å²) in [4.78, 5) is 2.60. The van der Waals surface area contributed by atoms with Crippen molar-refractivity contribution in [3.63, 3.8) is 0 Å². The van der Waals surface area contributed by atoms with Gasteiger partial charge >= 0.3 is 0 Å². The van der Waals surface area contributed by atoms with Crippen LogP contribution in [0.4, 0.5) is 0 Å². The van der Waals surface area contributed by atoms with E-state index >= 15 is 0 Å². The standard InChI is InChI=1S/C17H35NO2/c1-15(2)19-13-5-7-17-8-11-18(12-9-17)10-6-14-20-16(3)4/h15-17H,5-14H2,1-4H3. The van der Waals surface area contributed by atoms with Gasteiger partial charge in [-0.15, -0.1) is 0 Å². The summed E-state index contributed by atoms with van der Waals surface area (Å²) in [6.07, 6.45) is 7.23. The molecule has 3 heteroatoms. The molecule has 0 aliphatic carbocycles. The molecule has 0 bridgehead atoms. The highest BCUT2D eigenvalue weighted by Gasteiger charge is 2.18. The molecule has 1 aliphatic heterocycles. The molecule has 20 heavy (non-hydrogen) atoms. The first-order valence-electron chi connectivity index (χ1n) is 8.53. The third-order valence-electron chi connectivity index (χ3n) is 3.98. The van der Waals surface area contributed by atoms with Gasteiger partial charge in [0, 0.05) is 19.8 Å². The van der Waals surface area contributed by atoms with Gasteiger partial charge in [-0.1, -0.05) is 0 Å². The highest BCUT2D eigenvalue weighted by Crippen LogP contribution is 2.22. The molecule has 1 heterocycles. The van der Waals surface area contributed by atoms with Crippen molar-refractivity contribution in [2.75, 3.05) is 32.8 Å². The van der Waals surface area contributed by atoms with Crippen LogP contribution >= 0.6 is 0 Å². The number of rotatable bonds is 10. The second-order valence-electron chi connectivity index (χ2n) is 6.62. The Kier molecular flexibility index (Phi) is 9.49. The molecule has 0 spiro atoms. The van der Waals surface area contributed by atoms with E-state index in [9.17, 15) is 0 Å². The summed E-state index contributed by atoms with van der Waals surface area (Å²) < 4.78 is 11.2. The minimum atomic E-state index is 0.369. The van der Waals surface area contributed by atoms with Gasteiger partial charge < -0.3 is 14.4 Å². The highest BCUT2D eigenvalue weighted by atomic mass is 16.5. The molecule has 1 saturated heterocycles. The number of piperidine rings is 1. The van der Waals surface area contributed by atoms with Crippen molar-refractivity contribution in [2.24, 2.45) is 5.92 Å². The average Bonchev–Trinajstić information content (AvgIpc) is 2.41. The Morgan fingerprint density at radius 3 is 2.00 bits per heavy atom. The minimum absolute atomic E-state index is 0.369. The molecule has 0 aromatic carbocycles. The number of hydrogen-bond donors (Lipinski definition) is 0. The molecular weight excluding hydrogens is 250 g/mol. The normalized spacial score (nSPS) is 18.3. The molecule has 1 fully saturated rings. The van der Waals surface area contributed by atoms with Crippen LogP contribution in [0.5, 0.6) is 0 Å². The van der Waals surface area contributed by atoms with Crippen molar-refractivity contribution in [1.29, 1.82) is 0 Å². The Balaban J connectivity index is 1.97. The summed E-state index contributed by atoms with van der Waals surface area (Å²) in [5, 5.41) is 0. The minimum Gasteiger partial charge on any atom is -0.379 e. The van der Waals surface area contributed by atoms with Gasteiger partial charge in [0.05, 0.1) is 12.2 Å². The third kappa shape index (κ3) is 8.93. The molecule has 0 radical (unpaired) electrons. The van der Waals surface area contributed by atoms with E-state index in [0.717, 1.165) is 19.1 Å². The zero-order valence-electron chi connectivity index (χ0n) is 14.1. The van der Waals surface area contributed by atoms with E-state index in [1.54, 1.807) is 0 Å². The van der Waals surface area contributed by atoms with Crippen LogP contribution in [0, 0.1) is 5.92 Å². The lowest BCUT2D eigenvalue weighted by Crippen LogP contribution is -2.35. The van der Waals surface area contributed by atoms with Crippen LogP contribution in [-0.2, 0) is 9.47 Å². The maximum Gasteiger partial charge on any atom is 0.0518 e. The topological polar surface area (TPSA) is 21.7 Å². The van der Waals surface area contributed by atoms with Crippen LogP contribution in [0.2, 0.25) is 0 Å². The molecule has 3 nitrogen and oxygen atoms in total. The Bertz CT molecular complexity index is 199. The summed E-state index contributed by atoms with van der Waals surface area (Å²) in [6, 6.07) is 0.